The van der Waals surface area contributed by atoms with Crippen molar-refractivity contribution in [1.82, 2.24) is 15.0 Å². The second-order valence-electron chi connectivity index (χ2n) is 8.17. The van der Waals surface area contributed by atoms with E-state index in [-0.39, 0.29) is 30.6 Å². The number of nitrogens with zero attached hydrogens (tertiary/aromatic N) is 4. The van der Waals surface area contributed by atoms with Crippen LogP contribution < -0.4 is 4.90 Å². The van der Waals surface area contributed by atoms with Gasteiger partial charge < -0.3 is 4.90 Å². The van der Waals surface area contributed by atoms with Gasteiger partial charge in [-0.15, -0.1) is 0 Å². The van der Waals surface area contributed by atoms with Crippen LogP contribution in [0.2, 0.25) is 0 Å². The van der Waals surface area contributed by atoms with Gasteiger partial charge in [0.15, 0.2) is 11.6 Å². The first-order valence-electron chi connectivity index (χ1n) is 10.1. The van der Waals surface area contributed by atoms with Crippen molar-refractivity contribution in [3.8, 4) is 0 Å². The number of rotatable bonds is 3. The first kappa shape index (κ1) is 32.8. The van der Waals surface area contributed by atoms with Gasteiger partial charge in [-0.05, 0) is 12.8 Å². The molecule has 0 spiro atoms. The van der Waals surface area contributed by atoms with Crippen LogP contribution in [0.3, 0.4) is 0 Å². The number of hydrogen-bond acceptors (Lipinski definition) is 4. The van der Waals surface area contributed by atoms with E-state index in [1.54, 1.807) is 0 Å². The van der Waals surface area contributed by atoms with Crippen LogP contribution in [-0.4, -0.2) is 65.1 Å². The average Bonchev–Trinajstić information content (AvgIpc) is 2.90. The van der Waals surface area contributed by atoms with Crippen molar-refractivity contribution >= 4 is 5.95 Å². The van der Waals surface area contributed by atoms with Crippen molar-refractivity contribution in [2.24, 2.45) is 0 Å². The van der Waals surface area contributed by atoms with Gasteiger partial charge >= 0.3 is 47.9 Å². The Morgan fingerprint density at radius 3 is 0.872 bits per heavy atom. The minimum atomic E-state index is -7.68. The molecular weight excluding hydrogens is 602 g/mol. The quantitative estimate of drug-likeness (QED) is 0.341. The molecule has 2 rings (SSSR count). The number of alkyl halides is 18. The topological polar surface area (TPSA) is 41.9 Å². The third-order valence-corrected chi connectivity index (χ3v) is 5.73. The Morgan fingerprint density at radius 2 is 0.641 bits per heavy atom. The summed E-state index contributed by atoms with van der Waals surface area (Å²) < 4.78 is 245. The molecule has 0 N–H and O–H groups in total. The van der Waals surface area contributed by atoms with E-state index in [9.17, 15) is 79.0 Å². The molecule has 1 aromatic heterocycles. The molecule has 22 heteroatoms. The zero-order valence-corrected chi connectivity index (χ0v) is 18.3. The third kappa shape index (κ3) is 5.10. The summed E-state index contributed by atoms with van der Waals surface area (Å²) >= 11 is 0. The normalized spacial score (nSPS) is 17.8. The Morgan fingerprint density at radius 1 is 0.385 bits per heavy atom. The van der Waals surface area contributed by atoms with Crippen molar-refractivity contribution in [3.05, 3.63) is 11.6 Å². The summed E-state index contributed by atoms with van der Waals surface area (Å²) in [7, 11) is 0. The summed E-state index contributed by atoms with van der Waals surface area (Å²) in [6.45, 7) is -1.34. The highest BCUT2D eigenvalue weighted by Gasteiger charge is 2.89. The lowest BCUT2D eigenvalue weighted by Gasteiger charge is -2.40. The summed E-state index contributed by atoms with van der Waals surface area (Å²) in [5.74, 6) is -9.91. The van der Waals surface area contributed by atoms with E-state index in [0.717, 1.165) is 0 Å². The molecule has 1 aliphatic rings. The Hall–Kier alpha value is -2.45. The fraction of sp³-hybridized carbons (Fsp3) is 0.824. The molecule has 0 aromatic carbocycles. The number of aromatic nitrogens is 3. The standard InChI is InChI=1S/C17H12F18N4/c18-12(19,20)10(13(21,22)23,14(24,25)26)7-36-8(38-9(37-7)39-5-3-1-2-4-6-39)11(15(27,28)29,16(30,31)32)17(33,34)35/h1-6H2. The van der Waals surface area contributed by atoms with Crippen LogP contribution in [-0.2, 0) is 10.8 Å². The highest BCUT2D eigenvalue weighted by molar-refractivity contribution is 5.37. The van der Waals surface area contributed by atoms with Crippen molar-refractivity contribution in [2.45, 2.75) is 73.6 Å². The number of halogens is 18. The maximum atomic E-state index is 13.6. The number of anilines is 1. The van der Waals surface area contributed by atoms with Crippen molar-refractivity contribution in [1.29, 1.82) is 0 Å². The van der Waals surface area contributed by atoms with Gasteiger partial charge in [0, 0.05) is 13.1 Å². The first-order valence-corrected chi connectivity index (χ1v) is 10.1. The van der Waals surface area contributed by atoms with E-state index >= 15 is 0 Å². The average molecular weight is 614 g/mol. The van der Waals surface area contributed by atoms with E-state index in [1.165, 1.54) is 4.98 Å². The van der Waals surface area contributed by atoms with Crippen molar-refractivity contribution < 1.29 is 79.0 Å². The van der Waals surface area contributed by atoms with Gasteiger partial charge in [-0.25, -0.2) is 4.98 Å². The minimum Gasteiger partial charge on any atom is -0.341 e. The fourth-order valence-electron chi connectivity index (χ4n) is 3.84. The van der Waals surface area contributed by atoms with Crippen molar-refractivity contribution in [3.63, 3.8) is 0 Å². The lowest BCUT2D eigenvalue weighted by molar-refractivity contribution is -0.391. The zero-order chi connectivity index (χ0) is 30.7. The van der Waals surface area contributed by atoms with Gasteiger partial charge in [-0.3, -0.25) is 0 Å². The molecule has 1 fully saturated rings. The Balaban J connectivity index is 3.27. The van der Waals surface area contributed by atoms with Crippen LogP contribution in [0.25, 0.3) is 0 Å². The molecule has 0 atom stereocenters. The van der Waals surface area contributed by atoms with E-state index in [2.05, 4.69) is 9.97 Å². The van der Waals surface area contributed by atoms with E-state index < -0.39 is 78.6 Å². The predicted molar refractivity (Wildman–Crippen MR) is 90.2 cm³/mol. The fourth-order valence-corrected chi connectivity index (χ4v) is 3.84. The van der Waals surface area contributed by atoms with Crippen LogP contribution in [0.1, 0.15) is 37.3 Å². The maximum Gasteiger partial charge on any atom is 0.419 e. The van der Waals surface area contributed by atoms with Gasteiger partial charge in [-0.2, -0.15) is 89.0 Å². The predicted octanol–water partition coefficient (Wildman–Crippen LogP) is 7.10. The second-order valence-corrected chi connectivity index (χ2v) is 8.17. The van der Waals surface area contributed by atoms with Crippen LogP contribution in [0, 0.1) is 0 Å². The Labute approximate surface area is 204 Å². The van der Waals surface area contributed by atoms with Gasteiger partial charge in [0.2, 0.25) is 5.95 Å². The lowest BCUT2D eigenvalue weighted by atomic mass is 9.82. The molecule has 226 valence electrons. The molecule has 0 aliphatic carbocycles. The molecule has 2 heterocycles. The van der Waals surface area contributed by atoms with Gasteiger partial charge in [0.1, 0.15) is 0 Å². The summed E-state index contributed by atoms with van der Waals surface area (Å²) in [4.78, 5) is 6.24. The van der Waals surface area contributed by atoms with E-state index in [0.29, 0.717) is 0 Å². The van der Waals surface area contributed by atoms with Crippen LogP contribution in [0.5, 0.6) is 0 Å². The lowest BCUT2D eigenvalue weighted by Crippen LogP contribution is -2.66. The van der Waals surface area contributed by atoms with Gasteiger partial charge in [0.25, 0.3) is 0 Å². The van der Waals surface area contributed by atoms with Crippen LogP contribution >= 0.6 is 0 Å². The molecule has 1 aromatic rings. The Kier molecular flexibility index (Phi) is 8.05. The molecule has 39 heavy (non-hydrogen) atoms. The molecular formula is C17H12F18N4. The van der Waals surface area contributed by atoms with Gasteiger partial charge in [0.05, 0.1) is 0 Å². The van der Waals surface area contributed by atoms with E-state index in [1.807, 2.05) is 0 Å². The molecule has 0 radical (unpaired) electrons. The molecule has 0 bridgehead atoms. The monoisotopic (exact) mass is 614 g/mol. The number of hydrogen-bond donors (Lipinski definition) is 0. The molecule has 1 saturated heterocycles. The summed E-state index contributed by atoms with van der Waals surface area (Å²) in [5.41, 5.74) is -14.8. The molecule has 0 saturated carbocycles. The van der Waals surface area contributed by atoms with Crippen LogP contribution in [0.15, 0.2) is 0 Å². The smallest absolute Gasteiger partial charge is 0.341 e. The summed E-state index contributed by atoms with van der Waals surface area (Å²) in [6, 6.07) is 0. The minimum absolute atomic E-state index is 0.137. The zero-order valence-electron chi connectivity index (χ0n) is 18.3. The SMILES string of the molecule is FC(F)(F)C(c1nc(N2CCCCCC2)nc(C(C(F)(F)F)(C(F)(F)F)C(F)(F)F)n1)(C(F)(F)F)C(F)(F)F. The Bertz CT molecular complexity index is 865. The van der Waals surface area contributed by atoms with Crippen molar-refractivity contribution in [2.75, 3.05) is 18.0 Å². The second kappa shape index (κ2) is 9.58. The third-order valence-electron chi connectivity index (χ3n) is 5.73. The van der Waals surface area contributed by atoms with E-state index in [4.69, 9.17) is 0 Å². The highest BCUT2D eigenvalue weighted by Crippen LogP contribution is 2.62. The maximum absolute atomic E-state index is 13.6. The first-order chi connectivity index (χ1) is 17.2. The molecule has 0 amide bonds. The summed E-state index contributed by atoms with van der Waals surface area (Å²) in [5, 5.41) is 0. The molecule has 4 nitrogen and oxygen atoms in total. The summed E-state index contributed by atoms with van der Waals surface area (Å²) in [6.07, 6.45) is -46.0. The van der Waals surface area contributed by atoms with Gasteiger partial charge in [-0.1, -0.05) is 12.8 Å². The highest BCUT2D eigenvalue weighted by atomic mass is 19.4. The molecule has 1 aliphatic heterocycles. The molecule has 0 unspecified atom stereocenters. The largest absolute Gasteiger partial charge is 0.419 e. The van der Waals surface area contributed by atoms with Crippen LogP contribution in [0.4, 0.5) is 85.0 Å².